The molecular formula is C21H24N2O5S. The second kappa shape index (κ2) is 7.61. The summed E-state index contributed by atoms with van der Waals surface area (Å²) in [6, 6.07) is 9.87. The van der Waals surface area contributed by atoms with Gasteiger partial charge in [-0.3, -0.25) is 0 Å². The number of aromatic carboxylic acids is 1. The number of carboxylic acids is 1. The molecule has 0 aliphatic carbocycles. The van der Waals surface area contributed by atoms with Crippen molar-refractivity contribution in [1.29, 1.82) is 0 Å². The van der Waals surface area contributed by atoms with Gasteiger partial charge in [-0.2, -0.15) is 0 Å². The minimum absolute atomic E-state index is 0.00815. The number of benzene rings is 2. The molecule has 1 aromatic heterocycles. The van der Waals surface area contributed by atoms with Gasteiger partial charge in [-0.05, 0) is 47.7 Å². The van der Waals surface area contributed by atoms with Crippen LogP contribution in [0, 0.1) is 6.92 Å². The van der Waals surface area contributed by atoms with Crippen LogP contribution >= 0.6 is 0 Å². The van der Waals surface area contributed by atoms with Crippen LogP contribution in [0.5, 0.6) is 0 Å². The van der Waals surface area contributed by atoms with E-state index in [9.17, 15) is 18.3 Å². The highest BCUT2D eigenvalue weighted by Crippen LogP contribution is 2.26. The Balaban J connectivity index is 1.72. The van der Waals surface area contributed by atoms with Gasteiger partial charge in [0.05, 0.1) is 10.5 Å². The molecule has 0 bridgehead atoms. The first-order chi connectivity index (χ1) is 13.5. The number of rotatable bonds is 6. The third-order valence-corrected chi connectivity index (χ3v) is 6.14. The summed E-state index contributed by atoms with van der Waals surface area (Å²) in [6.45, 7) is 8.05. The molecule has 0 radical (unpaired) electrons. The maximum Gasteiger partial charge on any atom is 0.335 e. The van der Waals surface area contributed by atoms with Gasteiger partial charge in [0, 0.05) is 13.0 Å². The molecule has 2 aromatic carbocycles. The summed E-state index contributed by atoms with van der Waals surface area (Å²) in [5, 5.41) is 9.18. The Bertz CT molecular complexity index is 1170. The number of nitrogens with zero attached hydrogens (tertiary/aromatic N) is 1. The lowest BCUT2D eigenvalue weighted by atomic mass is 9.87. The maximum absolute atomic E-state index is 12.5. The van der Waals surface area contributed by atoms with Crippen molar-refractivity contribution in [3.8, 4) is 0 Å². The molecule has 1 heterocycles. The summed E-state index contributed by atoms with van der Waals surface area (Å²) in [4.78, 5) is 15.6. The molecule has 0 atom stereocenters. The lowest BCUT2D eigenvalue weighted by molar-refractivity contribution is 0.0696. The molecular weight excluding hydrogens is 392 g/mol. The zero-order valence-corrected chi connectivity index (χ0v) is 17.6. The van der Waals surface area contributed by atoms with Crippen molar-refractivity contribution in [2.45, 2.75) is 44.4 Å². The van der Waals surface area contributed by atoms with Crippen LogP contribution in [-0.4, -0.2) is 31.0 Å². The summed E-state index contributed by atoms with van der Waals surface area (Å²) in [7, 11) is -3.84. The number of sulfonamides is 1. The van der Waals surface area contributed by atoms with E-state index in [2.05, 4.69) is 30.5 Å². The molecule has 7 nitrogen and oxygen atoms in total. The van der Waals surface area contributed by atoms with Crippen LogP contribution in [0.15, 0.2) is 45.7 Å². The van der Waals surface area contributed by atoms with Crippen molar-refractivity contribution < 1.29 is 22.7 Å². The minimum Gasteiger partial charge on any atom is -0.478 e. The van der Waals surface area contributed by atoms with Crippen LogP contribution in [0.2, 0.25) is 0 Å². The summed E-state index contributed by atoms with van der Waals surface area (Å²) in [5.74, 6) is -0.732. The van der Waals surface area contributed by atoms with E-state index < -0.39 is 16.0 Å². The molecule has 8 heteroatoms. The smallest absolute Gasteiger partial charge is 0.335 e. The number of oxazole rings is 1. The number of hydrogen-bond donors (Lipinski definition) is 2. The number of aryl methyl sites for hydroxylation is 1. The summed E-state index contributed by atoms with van der Waals surface area (Å²) in [6.07, 6.45) is 0.274. The van der Waals surface area contributed by atoms with E-state index in [1.165, 1.54) is 12.1 Å². The fraction of sp³-hybridized carbons (Fsp3) is 0.333. The monoisotopic (exact) mass is 416 g/mol. The summed E-state index contributed by atoms with van der Waals surface area (Å²) in [5.41, 5.74) is 2.98. The van der Waals surface area contributed by atoms with Gasteiger partial charge >= 0.3 is 5.97 Å². The van der Waals surface area contributed by atoms with Crippen LogP contribution in [0.25, 0.3) is 11.1 Å². The normalized spacial score (nSPS) is 12.4. The predicted molar refractivity (Wildman–Crippen MR) is 110 cm³/mol. The van der Waals surface area contributed by atoms with Crippen LogP contribution in [0.3, 0.4) is 0 Å². The molecule has 0 aliphatic rings. The van der Waals surface area contributed by atoms with Crippen molar-refractivity contribution in [3.63, 3.8) is 0 Å². The molecule has 2 N–H and O–H groups in total. The maximum atomic E-state index is 12.5. The van der Waals surface area contributed by atoms with Gasteiger partial charge in [0.1, 0.15) is 5.52 Å². The van der Waals surface area contributed by atoms with E-state index in [0.29, 0.717) is 17.0 Å². The lowest BCUT2D eigenvalue weighted by Gasteiger charge is -2.18. The second-order valence-electron chi connectivity index (χ2n) is 7.97. The molecule has 0 aliphatic heterocycles. The van der Waals surface area contributed by atoms with Gasteiger partial charge in [0.2, 0.25) is 10.0 Å². The predicted octanol–water partition coefficient (Wildman–Crippen LogP) is 3.65. The Kier molecular flexibility index (Phi) is 5.51. The lowest BCUT2D eigenvalue weighted by Crippen LogP contribution is -2.26. The highest BCUT2D eigenvalue weighted by Gasteiger charge is 2.19. The van der Waals surface area contributed by atoms with Crippen molar-refractivity contribution in [1.82, 2.24) is 9.71 Å². The van der Waals surface area contributed by atoms with Crippen molar-refractivity contribution in [3.05, 3.63) is 59.0 Å². The molecule has 29 heavy (non-hydrogen) atoms. The summed E-state index contributed by atoms with van der Waals surface area (Å²) < 4.78 is 33.1. The van der Waals surface area contributed by atoms with Gasteiger partial charge in [-0.25, -0.2) is 22.9 Å². The molecule has 0 saturated heterocycles. The van der Waals surface area contributed by atoms with Crippen LogP contribution < -0.4 is 4.72 Å². The first kappa shape index (κ1) is 21.0. The first-order valence-corrected chi connectivity index (χ1v) is 10.7. The minimum atomic E-state index is -3.84. The molecule has 3 rings (SSSR count). The Morgan fingerprint density at radius 1 is 1.17 bits per heavy atom. The van der Waals surface area contributed by atoms with Gasteiger partial charge in [-0.1, -0.05) is 32.9 Å². The Labute approximate surface area is 169 Å². The number of aromatic nitrogens is 1. The van der Waals surface area contributed by atoms with E-state index in [1.54, 1.807) is 6.92 Å². The van der Waals surface area contributed by atoms with Crippen molar-refractivity contribution in [2.75, 3.05) is 6.54 Å². The summed E-state index contributed by atoms with van der Waals surface area (Å²) >= 11 is 0. The van der Waals surface area contributed by atoms with E-state index >= 15 is 0 Å². The molecule has 0 unspecified atom stereocenters. The SMILES string of the molecule is Cc1ccc(S(=O)(=O)NCCc2nc3cc(C(C)(C)C)ccc3o2)cc1C(=O)O. The molecule has 3 aromatic rings. The number of carbonyl (C=O) groups is 1. The first-order valence-electron chi connectivity index (χ1n) is 9.21. The Hall–Kier alpha value is -2.71. The van der Waals surface area contributed by atoms with E-state index in [1.807, 2.05) is 18.2 Å². The average molecular weight is 416 g/mol. The largest absolute Gasteiger partial charge is 0.478 e. The number of hydrogen-bond acceptors (Lipinski definition) is 5. The number of carboxylic acid groups (broad SMARTS) is 1. The van der Waals surface area contributed by atoms with Crippen LogP contribution in [0.1, 0.15) is 48.1 Å². The molecule has 0 amide bonds. The third kappa shape index (κ3) is 4.65. The highest BCUT2D eigenvalue weighted by atomic mass is 32.2. The van der Waals surface area contributed by atoms with E-state index in [4.69, 9.17) is 4.42 Å². The van der Waals surface area contributed by atoms with Crippen LogP contribution in [0.4, 0.5) is 0 Å². The van der Waals surface area contributed by atoms with Gasteiger partial charge in [-0.15, -0.1) is 0 Å². The Morgan fingerprint density at radius 2 is 1.90 bits per heavy atom. The quantitative estimate of drug-likeness (QED) is 0.635. The van der Waals surface area contributed by atoms with Gasteiger partial charge in [0.15, 0.2) is 11.5 Å². The highest BCUT2D eigenvalue weighted by molar-refractivity contribution is 7.89. The molecule has 154 valence electrons. The average Bonchev–Trinajstić information content (AvgIpc) is 3.02. The van der Waals surface area contributed by atoms with E-state index in [-0.39, 0.29) is 28.8 Å². The fourth-order valence-electron chi connectivity index (χ4n) is 2.92. The zero-order chi connectivity index (χ0) is 21.4. The second-order valence-corrected chi connectivity index (χ2v) is 9.74. The fourth-order valence-corrected chi connectivity index (χ4v) is 3.98. The van der Waals surface area contributed by atoms with Crippen molar-refractivity contribution in [2.24, 2.45) is 0 Å². The standard InChI is InChI=1S/C21H24N2O5S/c1-13-5-7-15(12-16(13)20(24)25)29(26,27)22-10-9-19-23-17-11-14(21(2,3)4)6-8-18(17)28-19/h5-8,11-12,22H,9-10H2,1-4H3,(H,24,25). The molecule has 0 fully saturated rings. The third-order valence-electron chi connectivity index (χ3n) is 4.68. The topological polar surface area (TPSA) is 110 Å². The number of fused-ring (bicyclic) bond motifs is 1. The molecule has 0 saturated carbocycles. The van der Waals surface area contributed by atoms with Crippen LogP contribution in [-0.2, 0) is 21.9 Å². The van der Waals surface area contributed by atoms with Crippen molar-refractivity contribution >= 4 is 27.1 Å². The Morgan fingerprint density at radius 3 is 2.55 bits per heavy atom. The molecule has 0 spiro atoms. The number of nitrogens with one attached hydrogen (secondary N) is 1. The van der Waals surface area contributed by atoms with Gasteiger partial charge < -0.3 is 9.52 Å². The zero-order valence-electron chi connectivity index (χ0n) is 16.8. The van der Waals surface area contributed by atoms with E-state index in [0.717, 1.165) is 17.1 Å². The van der Waals surface area contributed by atoms with Gasteiger partial charge in [0.25, 0.3) is 0 Å².